The van der Waals surface area contributed by atoms with Crippen LogP contribution >= 0.6 is 11.6 Å². The smallest absolute Gasteiger partial charge is 0.325 e. The molecule has 0 bridgehead atoms. The first-order chi connectivity index (χ1) is 9.47. The topological polar surface area (TPSA) is 91.0 Å². The molecule has 0 radical (unpaired) electrons. The molecule has 0 amide bonds. The molecule has 0 saturated carbocycles. The van der Waals surface area contributed by atoms with Gasteiger partial charge in [0.1, 0.15) is 12.1 Å². The van der Waals surface area contributed by atoms with Gasteiger partial charge >= 0.3 is 5.97 Å². The minimum absolute atomic E-state index is 0.138. The molecule has 0 aliphatic carbocycles. The molecule has 0 aliphatic rings. The summed E-state index contributed by atoms with van der Waals surface area (Å²) >= 11 is 6.14. The van der Waals surface area contributed by atoms with Crippen LogP contribution in [0.25, 0.3) is 0 Å². The van der Waals surface area contributed by atoms with Crippen LogP contribution in [-0.2, 0) is 9.53 Å². The minimum Gasteiger partial charge on any atom is -0.493 e. The van der Waals surface area contributed by atoms with Crippen LogP contribution in [0.15, 0.2) is 12.1 Å². The maximum Gasteiger partial charge on any atom is 0.325 e. The molecular formula is C13H18ClNO5. The normalized spacial score (nSPS) is 13.5. The van der Waals surface area contributed by atoms with Crippen LogP contribution in [0.5, 0.6) is 11.5 Å². The zero-order chi connectivity index (χ0) is 15.3. The highest BCUT2D eigenvalue weighted by atomic mass is 35.5. The molecule has 0 spiro atoms. The summed E-state index contributed by atoms with van der Waals surface area (Å²) in [4.78, 5) is 11.5. The van der Waals surface area contributed by atoms with Crippen LogP contribution in [0.1, 0.15) is 18.6 Å². The van der Waals surface area contributed by atoms with Crippen molar-refractivity contribution in [2.75, 3.05) is 20.8 Å². The highest BCUT2D eigenvalue weighted by Gasteiger charge is 2.28. The van der Waals surface area contributed by atoms with Crippen molar-refractivity contribution in [3.05, 3.63) is 22.7 Å². The highest BCUT2D eigenvalue weighted by Crippen LogP contribution is 2.40. The van der Waals surface area contributed by atoms with Gasteiger partial charge in [0.2, 0.25) is 0 Å². The fourth-order valence-electron chi connectivity index (χ4n) is 1.69. The third kappa shape index (κ3) is 3.33. The Balaban J connectivity index is 3.10. The van der Waals surface area contributed by atoms with Crippen molar-refractivity contribution >= 4 is 17.6 Å². The maximum atomic E-state index is 11.5. The van der Waals surface area contributed by atoms with Gasteiger partial charge in [-0.05, 0) is 13.0 Å². The van der Waals surface area contributed by atoms with E-state index in [9.17, 15) is 9.90 Å². The van der Waals surface area contributed by atoms with Crippen LogP contribution in [0, 0.1) is 0 Å². The van der Waals surface area contributed by atoms with E-state index in [1.54, 1.807) is 13.0 Å². The number of hydrogen-bond donors (Lipinski definition) is 2. The molecule has 1 aromatic carbocycles. The molecule has 1 rings (SSSR count). The van der Waals surface area contributed by atoms with Crippen molar-refractivity contribution in [2.45, 2.75) is 19.1 Å². The van der Waals surface area contributed by atoms with Crippen LogP contribution in [-0.4, -0.2) is 37.9 Å². The van der Waals surface area contributed by atoms with Crippen LogP contribution in [0.4, 0.5) is 0 Å². The number of nitrogens with two attached hydrogens (primary N) is 1. The van der Waals surface area contributed by atoms with Gasteiger partial charge in [-0.2, -0.15) is 0 Å². The van der Waals surface area contributed by atoms with Crippen LogP contribution in [0.3, 0.4) is 0 Å². The molecule has 0 aliphatic heterocycles. The fourth-order valence-corrected chi connectivity index (χ4v) is 2.04. The van der Waals surface area contributed by atoms with E-state index in [0.717, 1.165) is 0 Å². The van der Waals surface area contributed by atoms with Crippen molar-refractivity contribution in [1.29, 1.82) is 0 Å². The Hall–Kier alpha value is -1.50. The van der Waals surface area contributed by atoms with Gasteiger partial charge in [0.05, 0.1) is 25.8 Å². The summed E-state index contributed by atoms with van der Waals surface area (Å²) in [7, 11) is 2.89. The second kappa shape index (κ2) is 7.33. The molecule has 112 valence electrons. The molecule has 0 fully saturated rings. The molecule has 7 heteroatoms. The number of carbonyl (C=O) groups excluding carboxylic acids is 1. The molecule has 2 unspecified atom stereocenters. The first-order valence-corrected chi connectivity index (χ1v) is 6.36. The van der Waals surface area contributed by atoms with E-state index in [2.05, 4.69) is 0 Å². The Morgan fingerprint density at radius 3 is 2.55 bits per heavy atom. The fraction of sp³-hybridized carbons (Fsp3) is 0.462. The number of halogens is 1. The van der Waals surface area contributed by atoms with Crippen molar-refractivity contribution < 1.29 is 24.1 Å². The Morgan fingerprint density at radius 2 is 2.05 bits per heavy atom. The number of benzene rings is 1. The third-order valence-electron chi connectivity index (χ3n) is 2.73. The van der Waals surface area contributed by atoms with E-state index >= 15 is 0 Å². The molecule has 3 N–H and O–H groups in total. The number of ether oxygens (including phenoxy) is 3. The van der Waals surface area contributed by atoms with Crippen molar-refractivity contribution in [2.24, 2.45) is 5.73 Å². The first kappa shape index (κ1) is 16.6. The number of rotatable bonds is 6. The monoisotopic (exact) mass is 303 g/mol. The summed E-state index contributed by atoms with van der Waals surface area (Å²) in [5.41, 5.74) is 5.92. The summed E-state index contributed by atoms with van der Waals surface area (Å²) < 4.78 is 15.0. The number of aliphatic hydroxyl groups excluding tert-OH is 1. The number of esters is 1. The summed E-state index contributed by atoms with van der Waals surface area (Å²) in [6.07, 6.45) is -1.30. The zero-order valence-electron chi connectivity index (χ0n) is 11.6. The molecule has 1 aromatic rings. The lowest BCUT2D eigenvalue weighted by atomic mass is 10.0. The van der Waals surface area contributed by atoms with Crippen molar-refractivity contribution in [3.63, 3.8) is 0 Å². The van der Waals surface area contributed by atoms with Gasteiger partial charge in [-0.3, -0.25) is 4.79 Å². The lowest BCUT2D eigenvalue weighted by Crippen LogP contribution is -2.38. The lowest BCUT2D eigenvalue weighted by Gasteiger charge is -2.20. The Bertz CT molecular complexity index is 480. The number of methoxy groups -OCH3 is 2. The molecule has 2 atom stereocenters. The Kier molecular flexibility index (Phi) is 6.06. The summed E-state index contributed by atoms with van der Waals surface area (Å²) in [5, 5.41) is 10.3. The molecule has 0 aromatic heterocycles. The number of carbonyl (C=O) groups is 1. The average molecular weight is 304 g/mol. The van der Waals surface area contributed by atoms with Gasteiger partial charge in [0.15, 0.2) is 11.5 Å². The molecule has 0 heterocycles. The van der Waals surface area contributed by atoms with Gasteiger partial charge in [-0.25, -0.2) is 0 Å². The van der Waals surface area contributed by atoms with E-state index in [0.29, 0.717) is 5.75 Å². The standard InChI is InChI=1S/C13H18ClNO5/c1-4-20-13(17)10(15)11(16)7-5-6-8(18-2)12(19-3)9(7)14/h5-6,10-11,16H,4,15H2,1-3H3. The molecule has 0 saturated heterocycles. The number of hydrogen-bond acceptors (Lipinski definition) is 6. The maximum absolute atomic E-state index is 11.5. The second-order valence-corrected chi connectivity index (χ2v) is 4.30. The first-order valence-electron chi connectivity index (χ1n) is 5.98. The number of aliphatic hydroxyl groups is 1. The van der Waals surface area contributed by atoms with E-state index in [-0.39, 0.29) is 22.9 Å². The quantitative estimate of drug-likeness (QED) is 0.769. The van der Waals surface area contributed by atoms with Gasteiger partial charge in [0, 0.05) is 5.56 Å². The second-order valence-electron chi connectivity index (χ2n) is 3.93. The van der Waals surface area contributed by atoms with Gasteiger partial charge in [-0.1, -0.05) is 17.7 Å². The third-order valence-corrected chi connectivity index (χ3v) is 3.12. The molecule has 20 heavy (non-hydrogen) atoms. The average Bonchev–Trinajstić information content (AvgIpc) is 2.45. The molecular weight excluding hydrogens is 286 g/mol. The lowest BCUT2D eigenvalue weighted by molar-refractivity contribution is -0.147. The summed E-state index contributed by atoms with van der Waals surface area (Å²) in [6, 6.07) is 1.86. The largest absolute Gasteiger partial charge is 0.493 e. The predicted octanol–water partition coefficient (Wildman–Crippen LogP) is 1.28. The summed E-state index contributed by atoms with van der Waals surface area (Å²) in [5.74, 6) is -0.0224. The van der Waals surface area contributed by atoms with Crippen LogP contribution in [0.2, 0.25) is 5.02 Å². The SMILES string of the molecule is CCOC(=O)C(N)C(O)c1ccc(OC)c(OC)c1Cl. The van der Waals surface area contributed by atoms with E-state index in [4.69, 9.17) is 31.5 Å². The molecule has 6 nitrogen and oxygen atoms in total. The summed E-state index contributed by atoms with van der Waals surface area (Å²) in [6.45, 7) is 1.83. The zero-order valence-corrected chi connectivity index (χ0v) is 12.3. The Labute approximate surface area is 122 Å². The van der Waals surface area contributed by atoms with Crippen LogP contribution < -0.4 is 15.2 Å². The van der Waals surface area contributed by atoms with Crippen molar-refractivity contribution in [1.82, 2.24) is 0 Å². The highest BCUT2D eigenvalue weighted by molar-refractivity contribution is 6.33. The van der Waals surface area contributed by atoms with E-state index in [1.807, 2.05) is 0 Å². The van der Waals surface area contributed by atoms with Gasteiger partial charge < -0.3 is 25.1 Å². The van der Waals surface area contributed by atoms with E-state index in [1.165, 1.54) is 20.3 Å². The Morgan fingerprint density at radius 1 is 1.40 bits per heavy atom. The van der Waals surface area contributed by atoms with Gasteiger partial charge in [0.25, 0.3) is 0 Å². The van der Waals surface area contributed by atoms with E-state index < -0.39 is 18.1 Å². The van der Waals surface area contributed by atoms with Crippen molar-refractivity contribution in [3.8, 4) is 11.5 Å². The predicted molar refractivity (Wildman–Crippen MR) is 74.1 cm³/mol. The van der Waals surface area contributed by atoms with Gasteiger partial charge in [-0.15, -0.1) is 0 Å². The minimum atomic E-state index is -1.30.